The fourth-order valence-electron chi connectivity index (χ4n) is 3.29. The van der Waals surface area contributed by atoms with Gasteiger partial charge in [-0.1, -0.05) is 0 Å². The fraction of sp³-hybridized carbons (Fsp3) is 0.667. The van der Waals surface area contributed by atoms with Crippen molar-refractivity contribution in [2.45, 2.75) is 132 Å². The van der Waals surface area contributed by atoms with E-state index in [1.54, 1.807) is 104 Å². The lowest BCUT2D eigenvalue weighted by atomic mass is 10.2. The molecule has 256 valence electrons. The average Bonchev–Trinajstić information content (AvgIpc) is 3.17. The van der Waals surface area contributed by atoms with Gasteiger partial charge < -0.3 is 23.7 Å². The molecule has 2 rings (SSSR count). The zero-order valence-corrected chi connectivity index (χ0v) is 29.3. The highest BCUT2D eigenvalue weighted by atomic mass is 16.6. The predicted octanol–water partition coefficient (Wildman–Crippen LogP) is 6.96. The maximum absolute atomic E-state index is 13.6. The predicted molar refractivity (Wildman–Crippen MR) is 167 cm³/mol. The maximum atomic E-state index is 13.6. The number of carbonyl (C=O) groups is 5. The van der Waals surface area contributed by atoms with Gasteiger partial charge in [-0.15, -0.1) is 4.90 Å². The molecule has 0 atom stereocenters. The summed E-state index contributed by atoms with van der Waals surface area (Å²) in [6.07, 6.45) is -4.91. The van der Waals surface area contributed by atoms with Crippen LogP contribution in [0.1, 0.15) is 104 Å². The Morgan fingerprint density at radius 2 is 0.891 bits per heavy atom. The molecule has 0 fully saturated rings. The Balaban J connectivity index is 3.06. The lowest BCUT2D eigenvalue weighted by Crippen LogP contribution is -2.46. The summed E-state index contributed by atoms with van der Waals surface area (Å²) in [5.41, 5.74) is -5.96. The second-order valence-electron chi connectivity index (χ2n) is 15.2. The summed E-state index contributed by atoms with van der Waals surface area (Å²) in [4.78, 5) is 81.0. The van der Waals surface area contributed by atoms with Gasteiger partial charge in [0.1, 0.15) is 34.3 Å². The molecule has 0 N–H and O–H groups in total. The first-order valence-corrected chi connectivity index (χ1v) is 14.5. The largest absolute Gasteiger partial charge is 0.443 e. The molecule has 0 bridgehead atoms. The lowest BCUT2D eigenvalue weighted by Gasteiger charge is -2.29. The molecular formula is C30H46N6O10. The van der Waals surface area contributed by atoms with Crippen LogP contribution in [0.3, 0.4) is 0 Å². The topological polar surface area (TPSA) is 182 Å². The van der Waals surface area contributed by atoms with Gasteiger partial charge in [-0.2, -0.15) is 14.9 Å². The van der Waals surface area contributed by atoms with Crippen LogP contribution in [0.5, 0.6) is 0 Å². The van der Waals surface area contributed by atoms with Crippen LogP contribution in [0.15, 0.2) is 6.33 Å². The van der Waals surface area contributed by atoms with Gasteiger partial charge in [0.2, 0.25) is 5.95 Å². The molecule has 0 aliphatic heterocycles. The van der Waals surface area contributed by atoms with Crippen LogP contribution in [-0.2, 0) is 23.7 Å². The van der Waals surface area contributed by atoms with Gasteiger partial charge in [-0.25, -0.2) is 33.5 Å². The number of fused-ring (bicyclic) bond motifs is 1. The van der Waals surface area contributed by atoms with Crippen molar-refractivity contribution in [3.8, 4) is 0 Å². The summed E-state index contributed by atoms with van der Waals surface area (Å²) < 4.78 is 28.2. The minimum absolute atomic E-state index is 0.278. The summed E-state index contributed by atoms with van der Waals surface area (Å²) in [7, 11) is 0. The van der Waals surface area contributed by atoms with Crippen molar-refractivity contribution in [3.05, 3.63) is 6.33 Å². The van der Waals surface area contributed by atoms with E-state index in [1.807, 2.05) is 0 Å². The molecule has 16 nitrogen and oxygen atoms in total. The molecule has 46 heavy (non-hydrogen) atoms. The molecule has 4 amide bonds. The van der Waals surface area contributed by atoms with E-state index in [2.05, 4.69) is 15.0 Å². The first-order chi connectivity index (χ1) is 20.5. The Kier molecular flexibility index (Phi) is 10.4. The van der Waals surface area contributed by atoms with E-state index in [0.29, 0.717) is 9.80 Å². The highest BCUT2D eigenvalue weighted by Crippen LogP contribution is 2.31. The normalized spacial score (nSPS) is 12.7. The molecule has 2 aromatic rings. The SMILES string of the molecule is CC(C)(C)OC(=O)N(C(=O)OC(C)(C)C)c1nc(N(C(=O)OC(C)(C)C)C(=O)OC(C)(C)C)c2ncn(C(=O)OC(C)(C)C)c2n1. The van der Waals surface area contributed by atoms with Crippen molar-refractivity contribution < 1.29 is 47.7 Å². The molecule has 0 aliphatic rings. The van der Waals surface area contributed by atoms with Crippen molar-refractivity contribution in [1.82, 2.24) is 19.5 Å². The first kappa shape index (κ1) is 37.7. The minimum atomic E-state index is -1.25. The van der Waals surface area contributed by atoms with Gasteiger partial charge in [-0.3, -0.25) is 0 Å². The van der Waals surface area contributed by atoms with Crippen LogP contribution in [0, 0.1) is 0 Å². The zero-order valence-electron chi connectivity index (χ0n) is 29.3. The smallest absolute Gasteiger partial charge is 0.427 e. The van der Waals surface area contributed by atoms with E-state index < -0.39 is 70.2 Å². The molecule has 0 aromatic carbocycles. The number of aromatic nitrogens is 4. The number of ether oxygens (including phenoxy) is 5. The number of anilines is 2. The molecule has 2 heterocycles. The summed E-state index contributed by atoms with van der Waals surface area (Å²) >= 11 is 0. The number of imidazole rings is 1. The highest BCUT2D eigenvalue weighted by Gasteiger charge is 2.40. The minimum Gasteiger partial charge on any atom is -0.443 e. The second-order valence-corrected chi connectivity index (χ2v) is 15.2. The number of hydrogen-bond acceptors (Lipinski definition) is 13. The Labute approximate surface area is 268 Å². The number of amides is 4. The average molecular weight is 651 g/mol. The monoisotopic (exact) mass is 650 g/mol. The van der Waals surface area contributed by atoms with Gasteiger partial charge in [0.25, 0.3) is 0 Å². The molecular weight excluding hydrogens is 604 g/mol. The van der Waals surface area contributed by atoms with Crippen LogP contribution in [0.25, 0.3) is 11.2 Å². The molecule has 0 radical (unpaired) electrons. The Hall–Kier alpha value is -4.50. The molecule has 0 saturated heterocycles. The Bertz CT molecular complexity index is 1440. The van der Waals surface area contributed by atoms with Crippen LogP contribution in [0.2, 0.25) is 0 Å². The van der Waals surface area contributed by atoms with Crippen molar-refractivity contribution >= 4 is 53.4 Å². The number of imide groups is 2. The number of rotatable bonds is 2. The van der Waals surface area contributed by atoms with E-state index in [-0.39, 0.29) is 11.2 Å². The fourth-order valence-corrected chi connectivity index (χ4v) is 3.29. The Morgan fingerprint density at radius 3 is 1.24 bits per heavy atom. The maximum Gasteiger partial charge on any atom is 0.427 e. The molecule has 16 heteroatoms. The van der Waals surface area contributed by atoms with Crippen LogP contribution in [0.4, 0.5) is 35.7 Å². The van der Waals surface area contributed by atoms with Crippen molar-refractivity contribution in [3.63, 3.8) is 0 Å². The van der Waals surface area contributed by atoms with Gasteiger partial charge in [-0.05, 0) is 104 Å². The highest BCUT2D eigenvalue weighted by molar-refractivity contribution is 6.14. The number of nitrogens with zero attached hydrogens (tertiary/aromatic N) is 6. The van der Waals surface area contributed by atoms with Crippen LogP contribution in [-0.4, -0.2) is 78.0 Å². The third kappa shape index (κ3) is 10.8. The van der Waals surface area contributed by atoms with E-state index in [4.69, 9.17) is 23.7 Å². The third-order valence-electron chi connectivity index (χ3n) is 4.67. The summed E-state index contributed by atoms with van der Waals surface area (Å²) in [5.74, 6) is -1.31. The molecule has 2 aromatic heterocycles. The summed E-state index contributed by atoms with van der Waals surface area (Å²) in [5, 5.41) is 0. The molecule has 0 aliphatic carbocycles. The standard InChI is InChI=1S/C30H46N6O10/c1-26(2,3)42-21(37)34-16-31-17-18(34)32-20(36(24(40)45-29(10,11)12)25(41)46-30(13,14)15)33-19(17)35(22(38)43-27(4,5)6)23(39)44-28(7,8)9/h16H,1-15H3. The van der Waals surface area contributed by atoms with Crippen molar-refractivity contribution in [2.75, 3.05) is 9.80 Å². The van der Waals surface area contributed by atoms with Gasteiger partial charge >= 0.3 is 30.5 Å². The number of hydrogen-bond donors (Lipinski definition) is 0. The van der Waals surface area contributed by atoms with Gasteiger partial charge in [0.15, 0.2) is 17.0 Å². The lowest BCUT2D eigenvalue weighted by molar-refractivity contribution is 0.0411. The van der Waals surface area contributed by atoms with Gasteiger partial charge in [0, 0.05) is 0 Å². The third-order valence-corrected chi connectivity index (χ3v) is 4.67. The quantitative estimate of drug-likeness (QED) is 0.304. The van der Waals surface area contributed by atoms with Crippen molar-refractivity contribution in [2.24, 2.45) is 0 Å². The van der Waals surface area contributed by atoms with E-state index in [9.17, 15) is 24.0 Å². The van der Waals surface area contributed by atoms with Crippen LogP contribution >= 0.6 is 0 Å². The second kappa shape index (κ2) is 12.7. The molecule has 0 unspecified atom stereocenters. The van der Waals surface area contributed by atoms with E-state index >= 15 is 0 Å². The van der Waals surface area contributed by atoms with Crippen molar-refractivity contribution in [1.29, 1.82) is 0 Å². The van der Waals surface area contributed by atoms with E-state index in [1.165, 1.54) is 0 Å². The van der Waals surface area contributed by atoms with E-state index in [0.717, 1.165) is 10.9 Å². The molecule has 0 spiro atoms. The Morgan fingerprint density at radius 1 is 0.543 bits per heavy atom. The van der Waals surface area contributed by atoms with Crippen LogP contribution < -0.4 is 9.80 Å². The summed E-state index contributed by atoms with van der Waals surface area (Å²) in [6.45, 7) is 23.7. The summed E-state index contributed by atoms with van der Waals surface area (Å²) in [6, 6.07) is 0. The van der Waals surface area contributed by atoms with Gasteiger partial charge in [0.05, 0.1) is 0 Å². The number of carbonyl (C=O) groups excluding carboxylic acids is 5. The first-order valence-electron chi connectivity index (χ1n) is 14.5. The molecule has 0 saturated carbocycles. The zero-order chi connectivity index (χ0) is 35.8.